The number of hydrogen-bond acceptors (Lipinski definition) is 4. The van der Waals surface area contributed by atoms with Crippen LogP contribution < -0.4 is 5.73 Å². The number of benzene rings is 1. The van der Waals surface area contributed by atoms with E-state index >= 15 is 0 Å². The Hall–Kier alpha value is -1.39. The number of nitrogens with two attached hydrogens (primary N) is 1. The molecule has 0 bridgehead atoms. The van der Waals surface area contributed by atoms with Gasteiger partial charge >= 0.3 is 5.97 Å². The quantitative estimate of drug-likeness (QED) is 0.833. The highest BCUT2D eigenvalue weighted by molar-refractivity contribution is 5.78. The zero-order valence-corrected chi connectivity index (χ0v) is 11.4. The molecule has 104 valence electrons. The van der Waals surface area contributed by atoms with E-state index in [2.05, 4.69) is 11.9 Å². The molecule has 1 fully saturated rings. The van der Waals surface area contributed by atoms with Gasteiger partial charge in [-0.05, 0) is 25.5 Å². The van der Waals surface area contributed by atoms with Crippen molar-refractivity contribution in [1.29, 1.82) is 0 Å². The van der Waals surface area contributed by atoms with Gasteiger partial charge in [0, 0.05) is 19.6 Å². The first-order valence-corrected chi connectivity index (χ1v) is 6.84. The number of carbonyl (C=O) groups excluding carboxylic acids is 1. The second-order valence-electron chi connectivity index (χ2n) is 5.14. The number of ether oxygens (including phenoxy) is 1. The third-order valence-corrected chi connectivity index (χ3v) is 3.67. The van der Waals surface area contributed by atoms with E-state index in [1.165, 1.54) is 0 Å². The molecule has 0 saturated carbocycles. The minimum atomic E-state index is -0.346. The second-order valence-corrected chi connectivity index (χ2v) is 5.14. The zero-order valence-electron chi connectivity index (χ0n) is 11.4. The summed E-state index contributed by atoms with van der Waals surface area (Å²) in [6, 6.07) is 9.61. The van der Waals surface area contributed by atoms with E-state index in [-0.39, 0.29) is 24.5 Å². The minimum Gasteiger partial charge on any atom is -0.462 e. The average Bonchev–Trinajstić information content (AvgIpc) is 2.43. The normalized spacial score (nSPS) is 19.1. The lowest BCUT2D eigenvalue weighted by atomic mass is 9.99. The molecule has 1 aromatic carbocycles. The Morgan fingerprint density at radius 1 is 1.37 bits per heavy atom. The monoisotopic (exact) mass is 262 g/mol. The molecular weight excluding hydrogens is 240 g/mol. The second kappa shape index (κ2) is 6.68. The standard InChI is InChI=1S/C15H22N2O2/c1-17-9-7-13(8-10-17)19-15(18)14(11-16)12-5-3-2-4-6-12/h2-6,13-14H,7-11,16H2,1H3. The predicted octanol–water partition coefficient (Wildman–Crippen LogP) is 1.37. The van der Waals surface area contributed by atoms with Gasteiger partial charge < -0.3 is 15.4 Å². The lowest BCUT2D eigenvalue weighted by Crippen LogP contribution is -2.37. The van der Waals surface area contributed by atoms with Crippen molar-refractivity contribution in [1.82, 2.24) is 4.90 Å². The molecular formula is C15H22N2O2. The molecule has 4 heteroatoms. The van der Waals surface area contributed by atoms with Crippen LogP contribution in [-0.4, -0.2) is 43.7 Å². The highest BCUT2D eigenvalue weighted by atomic mass is 16.5. The molecule has 0 spiro atoms. The molecule has 2 N–H and O–H groups in total. The fourth-order valence-corrected chi connectivity index (χ4v) is 2.40. The maximum atomic E-state index is 12.2. The van der Waals surface area contributed by atoms with E-state index in [0.717, 1.165) is 31.5 Å². The molecule has 1 unspecified atom stereocenters. The fraction of sp³-hybridized carbons (Fsp3) is 0.533. The van der Waals surface area contributed by atoms with Crippen LogP contribution in [-0.2, 0) is 9.53 Å². The van der Waals surface area contributed by atoms with Crippen LogP contribution in [0.2, 0.25) is 0 Å². The highest BCUT2D eigenvalue weighted by Crippen LogP contribution is 2.19. The molecule has 0 aromatic heterocycles. The number of rotatable bonds is 4. The highest BCUT2D eigenvalue weighted by Gasteiger charge is 2.25. The molecule has 0 radical (unpaired) electrons. The van der Waals surface area contributed by atoms with E-state index in [4.69, 9.17) is 10.5 Å². The van der Waals surface area contributed by atoms with Gasteiger partial charge in [0.05, 0.1) is 5.92 Å². The molecule has 0 amide bonds. The molecule has 1 aliphatic heterocycles. The van der Waals surface area contributed by atoms with Crippen molar-refractivity contribution < 1.29 is 9.53 Å². The van der Waals surface area contributed by atoms with Crippen LogP contribution in [0.3, 0.4) is 0 Å². The summed E-state index contributed by atoms with van der Waals surface area (Å²) in [5.41, 5.74) is 6.66. The summed E-state index contributed by atoms with van der Waals surface area (Å²) in [7, 11) is 2.09. The lowest BCUT2D eigenvalue weighted by Gasteiger charge is -2.29. The summed E-state index contributed by atoms with van der Waals surface area (Å²) in [4.78, 5) is 14.5. The van der Waals surface area contributed by atoms with Crippen LogP contribution in [0.25, 0.3) is 0 Å². The van der Waals surface area contributed by atoms with Crippen LogP contribution in [0.1, 0.15) is 24.3 Å². The molecule has 2 rings (SSSR count). The molecule has 0 aliphatic carbocycles. The van der Waals surface area contributed by atoms with Gasteiger partial charge in [0.1, 0.15) is 6.10 Å². The Morgan fingerprint density at radius 2 is 2.00 bits per heavy atom. The largest absolute Gasteiger partial charge is 0.462 e. The van der Waals surface area contributed by atoms with E-state index in [1.54, 1.807) is 0 Å². The number of likely N-dealkylation sites (tertiary alicyclic amines) is 1. The Kier molecular flexibility index (Phi) is 4.93. The maximum Gasteiger partial charge on any atom is 0.314 e. The fourth-order valence-electron chi connectivity index (χ4n) is 2.40. The molecule has 4 nitrogen and oxygen atoms in total. The van der Waals surface area contributed by atoms with Crippen molar-refractivity contribution in [3.05, 3.63) is 35.9 Å². The number of carbonyl (C=O) groups is 1. The topological polar surface area (TPSA) is 55.6 Å². The van der Waals surface area contributed by atoms with Crippen molar-refractivity contribution in [3.8, 4) is 0 Å². The van der Waals surface area contributed by atoms with E-state index in [9.17, 15) is 4.79 Å². The van der Waals surface area contributed by atoms with Crippen LogP contribution in [0.15, 0.2) is 30.3 Å². The van der Waals surface area contributed by atoms with Crippen molar-refractivity contribution in [2.45, 2.75) is 24.9 Å². The lowest BCUT2D eigenvalue weighted by molar-refractivity contribution is -0.152. The van der Waals surface area contributed by atoms with Crippen LogP contribution in [0, 0.1) is 0 Å². The van der Waals surface area contributed by atoms with E-state index in [0.29, 0.717) is 0 Å². The van der Waals surface area contributed by atoms with Gasteiger partial charge in [-0.3, -0.25) is 4.79 Å². The van der Waals surface area contributed by atoms with Gasteiger partial charge in [-0.2, -0.15) is 0 Å². The molecule has 1 heterocycles. The summed E-state index contributed by atoms with van der Waals surface area (Å²) < 4.78 is 5.60. The zero-order chi connectivity index (χ0) is 13.7. The van der Waals surface area contributed by atoms with Crippen LogP contribution in [0.4, 0.5) is 0 Å². The van der Waals surface area contributed by atoms with Crippen molar-refractivity contribution in [2.75, 3.05) is 26.7 Å². The number of hydrogen-bond donors (Lipinski definition) is 1. The van der Waals surface area contributed by atoms with Crippen molar-refractivity contribution in [2.24, 2.45) is 5.73 Å². The van der Waals surface area contributed by atoms with E-state index < -0.39 is 0 Å². The SMILES string of the molecule is CN1CCC(OC(=O)C(CN)c2ccccc2)CC1. The Labute approximate surface area is 114 Å². The summed E-state index contributed by atoms with van der Waals surface area (Å²) in [6.45, 7) is 2.25. The Morgan fingerprint density at radius 3 is 2.58 bits per heavy atom. The molecule has 1 aliphatic rings. The van der Waals surface area contributed by atoms with Crippen LogP contribution >= 0.6 is 0 Å². The third kappa shape index (κ3) is 3.78. The van der Waals surface area contributed by atoms with Crippen LogP contribution in [0.5, 0.6) is 0 Å². The van der Waals surface area contributed by atoms with Gasteiger partial charge in [0.2, 0.25) is 0 Å². The number of nitrogens with zero attached hydrogens (tertiary/aromatic N) is 1. The van der Waals surface area contributed by atoms with Gasteiger partial charge in [-0.15, -0.1) is 0 Å². The predicted molar refractivity (Wildman–Crippen MR) is 74.8 cm³/mol. The number of esters is 1. The Balaban J connectivity index is 1.94. The minimum absolute atomic E-state index is 0.0430. The molecule has 1 aromatic rings. The maximum absolute atomic E-state index is 12.2. The van der Waals surface area contributed by atoms with Gasteiger partial charge in [0.25, 0.3) is 0 Å². The van der Waals surface area contributed by atoms with Gasteiger partial charge in [0.15, 0.2) is 0 Å². The van der Waals surface area contributed by atoms with Gasteiger partial charge in [-0.1, -0.05) is 30.3 Å². The Bertz CT molecular complexity index is 400. The summed E-state index contributed by atoms with van der Waals surface area (Å²) >= 11 is 0. The van der Waals surface area contributed by atoms with Crippen molar-refractivity contribution in [3.63, 3.8) is 0 Å². The third-order valence-electron chi connectivity index (χ3n) is 3.67. The molecule has 1 atom stereocenters. The number of piperidine rings is 1. The smallest absolute Gasteiger partial charge is 0.314 e. The van der Waals surface area contributed by atoms with Crippen molar-refractivity contribution >= 4 is 5.97 Å². The first-order chi connectivity index (χ1) is 9.20. The average molecular weight is 262 g/mol. The molecule has 19 heavy (non-hydrogen) atoms. The summed E-state index contributed by atoms with van der Waals surface area (Å²) in [5.74, 6) is -0.538. The summed E-state index contributed by atoms with van der Waals surface area (Å²) in [6.07, 6.45) is 1.87. The summed E-state index contributed by atoms with van der Waals surface area (Å²) in [5, 5.41) is 0. The first kappa shape index (κ1) is 14.0. The van der Waals surface area contributed by atoms with Gasteiger partial charge in [-0.25, -0.2) is 0 Å². The van der Waals surface area contributed by atoms with E-state index in [1.807, 2.05) is 30.3 Å². The first-order valence-electron chi connectivity index (χ1n) is 6.84. The molecule has 1 saturated heterocycles.